The first-order valence-electron chi connectivity index (χ1n) is 10.3. The molecule has 0 aliphatic carbocycles. The minimum Gasteiger partial charge on any atom is -0.485 e. The van der Waals surface area contributed by atoms with Crippen molar-refractivity contribution in [2.75, 3.05) is 18.4 Å². The van der Waals surface area contributed by atoms with Gasteiger partial charge < -0.3 is 20.5 Å². The minimum atomic E-state index is -3.73. The summed E-state index contributed by atoms with van der Waals surface area (Å²) in [5.74, 6) is 0.395. The number of halogens is 1. The molecule has 32 heavy (non-hydrogen) atoms. The van der Waals surface area contributed by atoms with Crippen LogP contribution in [0, 0.1) is 0 Å². The summed E-state index contributed by atoms with van der Waals surface area (Å²) >= 11 is 5.97. The van der Waals surface area contributed by atoms with Crippen LogP contribution >= 0.6 is 11.6 Å². The number of rotatable bonds is 6. The van der Waals surface area contributed by atoms with Gasteiger partial charge in [-0.2, -0.15) is 4.31 Å². The Hall–Kier alpha value is -2.33. The number of carbonyl (C=O) groups is 1. The number of nitrogens with one attached hydrogen (secondary N) is 2. The largest absolute Gasteiger partial charge is 0.485 e. The Labute approximate surface area is 193 Å². The summed E-state index contributed by atoms with van der Waals surface area (Å²) in [6.45, 7) is 7.58. The maximum absolute atomic E-state index is 13.0. The fourth-order valence-corrected chi connectivity index (χ4v) is 5.37. The van der Waals surface area contributed by atoms with E-state index in [0.717, 1.165) is 0 Å². The van der Waals surface area contributed by atoms with Gasteiger partial charge in [0, 0.05) is 29.4 Å². The molecule has 10 heteroatoms. The predicted octanol–water partition coefficient (Wildman–Crippen LogP) is 3.77. The summed E-state index contributed by atoms with van der Waals surface area (Å²) in [7, 11) is -3.73. The minimum absolute atomic E-state index is 0.0671. The Bertz CT molecular complexity index is 1100. The molecule has 0 unspecified atom stereocenters. The van der Waals surface area contributed by atoms with Crippen LogP contribution in [-0.2, 0) is 10.0 Å². The Morgan fingerprint density at radius 3 is 2.50 bits per heavy atom. The number of hydrogen-bond donors (Lipinski definition) is 3. The van der Waals surface area contributed by atoms with E-state index in [2.05, 4.69) is 10.6 Å². The Morgan fingerprint density at radius 1 is 1.19 bits per heavy atom. The highest BCUT2D eigenvalue weighted by Gasteiger charge is 2.44. The number of benzene rings is 2. The molecule has 1 aliphatic heterocycles. The van der Waals surface area contributed by atoms with Crippen LogP contribution in [0.15, 0.2) is 47.4 Å². The maximum Gasteiger partial charge on any atom is 0.319 e. The summed E-state index contributed by atoms with van der Waals surface area (Å²) in [5, 5.41) is 16.8. The molecule has 0 saturated heterocycles. The molecule has 2 aromatic rings. The van der Waals surface area contributed by atoms with E-state index >= 15 is 0 Å². The third kappa shape index (κ3) is 4.85. The van der Waals surface area contributed by atoms with E-state index in [1.165, 1.54) is 16.4 Å². The molecular weight excluding hydrogens is 454 g/mol. The van der Waals surface area contributed by atoms with Crippen molar-refractivity contribution in [2.24, 2.45) is 0 Å². The van der Waals surface area contributed by atoms with Crippen LogP contribution in [0.3, 0.4) is 0 Å². The van der Waals surface area contributed by atoms with Crippen molar-refractivity contribution in [2.45, 2.75) is 50.3 Å². The number of fused-ring (bicyclic) bond motifs is 1. The lowest BCUT2D eigenvalue weighted by molar-refractivity contribution is -0.0619. The number of urea groups is 1. The molecule has 0 aromatic heterocycles. The van der Waals surface area contributed by atoms with Crippen LogP contribution in [0.5, 0.6) is 5.75 Å². The van der Waals surface area contributed by atoms with Gasteiger partial charge in [-0.25, -0.2) is 13.2 Å². The van der Waals surface area contributed by atoms with E-state index in [0.29, 0.717) is 35.1 Å². The molecule has 8 nitrogen and oxygen atoms in total. The van der Waals surface area contributed by atoms with Gasteiger partial charge in [0.15, 0.2) is 0 Å². The highest BCUT2D eigenvalue weighted by Crippen LogP contribution is 2.41. The second-order valence-electron chi connectivity index (χ2n) is 8.03. The first-order chi connectivity index (χ1) is 15.0. The molecule has 0 fully saturated rings. The van der Waals surface area contributed by atoms with Crippen molar-refractivity contribution < 1.29 is 23.1 Å². The topological polar surface area (TPSA) is 108 Å². The van der Waals surface area contributed by atoms with Crippen molar-refractivity contribution in [3.8, 4) is 5.75 Å². The molecule has 2 atom stereocenters. The fraction of sp³-hybridized carbons (Fsp3) is 0.409. The first kappa shape index (κ1) is 24.3. The van der Waals surface area contributed by atoms with Crippen molar-refractivity contribution in [1.82, 2.24) is 9.62 Å². The number of carbonyl (C=O) groups excluding carboxylic acids is 1. The standard InChI is InChI=1S/C22H28ClN3O5S/c1-5-26(6-2)32(29,30)16-10-11-18-17(13-16)19(20(27)22(3,4)31-18)25-21(28)24-15-9-7-8-14(23)12-15/h7-13,19-20,27H,5-6H2,1-4H3,(H2,24,25,28)/t19-,20+/m1/s1. The number of anilines is 1. The molecule has 0 saturated carbocycles. The molecule has 174 valence electrons. The zero-order valence-electron chi connectivity index (χ0n) is 18.4. The van der Waals surface area contributed by atoms with Crippen molar-refractivity contribution in [1.29, 1.82) is 0 Å². The van der Waals surface area contributed by atoms with Gasteiger partial charge in [-0.15, -0.1) is 0 Å². The number of hydrogen-bond acceptors (Lipinski definition) is 5. The lowest BCUT2D eigenvalue weighted by Gasteiger charge is -2.42. The van der Waals surface area contributed by atoms with E-state index in [4.69, 9.17) is 16.3 Å². The molecule has 0 radical (unpaired) electrons. The highest BCUT2D eigenvalue weighted by molar-refractivity contribution is 7.89. The van der Waals surface area contributed by atoms with Gasteiger partial charge in [-0.3, -0.25) is 0 Å². The predicted molar refractivity (Wildman–Crippen MR) is 124 cm³/mol. The van der Waals surface area contributed by atoms with Gasteiger partial charge in [0.25, 0.3) is 0 Å². The average Bonchev–Trinajstić information content (AvgIpc) is 2.71. The van der Waals surface area contributed by atoms with Crippen molar-refractivity contribution in [3.63, 3.8) is 0 Å². The van der Waals surface area contributed by atoms with Crippen LogP contribution in [0.25, 0.3) is 0 Å². The van der Waals surface area contributed by atoms with E-state index in [1.807, 2.05) is 0 Å². The summed E-state index contributed by atoms with van der Waals surface area (Å²) in [5.41, 5.74) is -0.152. The summed E-state index contributed by atoms with van der Waals surface area (Å²) in [6.07, 6.45) is -1.13. The molecule has 3 N–H and O–H groups in total. The normalized spacial score (nSPS) is 19.7. The molecule has 0 bridgehead atoms. The Kier molecular flexibility index (Phi) is 7.04. The van der Waals surface area contributed by atoms with E-state index in [1.54, 1.807) is 58.0 Å². The molecule has 1 aliphatic rings. The number of aliphatic hydroxyl groups is 1. The van der Waals surface area contributed by atoms with Gasteiger partial charge in [0.05, 0.1) is 10.9 Å². The van der Waals surface area contributed by atoms with Crippen LogP contribution in [-0.4, -0.2) is 48.7 Å². The average molecular weight is 482 g/mol. The Morgan fingerprint density at radius 2 is 1.88 bits per heavy atom. The van der Waals surface area contributed by atoms with Crippen LogP contribution in [0.4, 0.5) is 10.5 Å². The number of ether oxygens (including phenoxy) is 1. The van der Waals surface area contributed by atoms with Crippen LogP contribution in [0.1, 0.15) is 39.3 Å². The maximum atomic E-state index is 13.0. The monoisotopic (exact) mass is 481 g/mol. The van der Waals surface area contributed by atoms with Gasteiger partial charge in [-0.05, 0) is 50.2 Å². The summed E-state index contributed by atoms with van der Waals surface area (Å²) in [4.78, 5) is 12.8. The van der Waals surface area contributed by atoms with Gasteiger partial charge in [0.2, 0.25) is 10.0 Å². The highest BCUT2D eigenvalue weighted by atomic mass is 35.5. The SMILES string of the molecule is CCN(CC)S(=O)(=O)c1ccc2c(c1)[C@@H](NC(=O)Nc1cccc(Cl)c1)[C@H](O)C(C)(C)O2. The molecular formula is C22H28ClN3O5S. The lowest BCUT2D eigenvalue weighted by atomic mass is 9.86. The van der Waals surface area contributed by atoms with E-state index in [-0.39, 0.29) is 4.90 Å². The lowest BCUT2D eigenvalue weighted by Crippen LogP contribution is -2.54. The van der Waals surface area contributed by atoms with E-state index in [9.17, 15) is 18.3 Å². The first-order valence-corrected chi connectivity index (χ1v) is 12.2. The van der Waals surface area contributed by atoms with Gasteiger partial charge in [0.1, 0.15) is 17.5 Å². The number of nitrogens with zero attached hydrogens (tertiary/aromatic N) is 1. The third-order valence-electron chi connectivity index (χ3n) is 5.43. The molecule has 0 spiro atoms. The molecule has 1 heterocycles. The quantitative estimate of drug-likeness (QED) is 0.582. The zero-order chi connectivity index (χ0) is 23.7. The third-order valence-corrected chi connectivity index (χ3v) is 7.71. The van der Waals surface area contributed by atoms with E-state index < -0.39 is 33.8 Å². The smallest absolute Gasteiger partial charge is 0.319 e. The molecule has 3 rings (SSSR count). The zero-order valence-corrected chi connectivity index (χ0v) is 20.0. The summed E-state index contributed by atoms with van der Waals surface area (Å²) < 4.78 is 33.3. The number of aliphatic hydroxyl groups excluding tert-OH is 1. The Balaban J connectivity index is 1.96. The second-order valence-corrected chi connectivity index (χ2v) is 10.4. The number of amides is 2. The van der Waals surface area contributed by atoms with Crippen molar-refractivity contribution >= 4 is 33.3 Å². The number of sulfonamides is 1. The van der Waals surface area contributed by atoms with Gasteiger partial charge in [-0.1, -0.05) is 31.5 Å². The van der Waals surface area contributed by atoms with Crippen LogP contribution in [0.2, 0.25) is 5.02 Å². The van der Waals surface area contributed by atoms with Crippen LogP contribution < -0.4 is 15.4 Å². The second kappa shape index (κ2) is 9.27. The fourth-order valence-electron chi connectivity index (χ4n) is 3.68. The summed E-state index contributed by atoms with van der Waals surface area (Å²) in [6, 6.07) is 9.66. The van der Waals surface area contributed by atoms with Crippen molar-refractivity contribution in [3.05, 3.63) is 53.1 Å². The molecule has 2 amide bonds. The van der Waals surface area contributed by atoms with Gasteiger partial charge >= 0.3 is 6.03 Å². The molecule has 2 aromatic carbocycles.